The van der Waals surface area contributed by atoms with Crippen LogP contribution < -0.4 is 15.8 Å². The Balaban J connectivity index is 1.27. The maximum atomic E-state index is 13.4. The molecule has 0 radical (unpaired) electrons. The minimum absolute atomic E-state index is 0.143. The van der Waals surface area contributed by atoms with Gasteiger partial charge in [-0.1, -0.05) is 19.3 Å². The fourth-order valence-electron chi connectivity index (χ4n) is 6.08. The van der Waals surface area contributed by atoms with Gasteiger partial charge in [0.2, 0.25) is 5.91 Å². The molecule has 11 nitrogen and oxygen atoms in total. The third-order valence-electron chi connectivity index (χ3n) is 8.15. The van der Waals surface area contributed by atoms with Crippen LogP contribution >= 0.6 is 0 Å². The van der Waals surface area contributed by atoms with E-state index in [1.165, 1.54) is 6.42 Å². The first-order chi connectivity index (χ1) is 20.8. The summed E-state index contributed by atoms with van der Waals surface area (Å²) in [6.07, 6.45) is 11.0. The molecule has 3 heterocycles. The summed E-state index contributed by atoms with van der Waals surface area (Å²) in [6, 6.07) is 11.9. The molecule has 0 bridgehead atoms. The highest BCUT2D eigenvalue weighted by Crippen LogP contribution is 2.36. The second-order valence-electron chi connectivity index (χ2n) is 11.1. The van der Waals surface area contributed by atoms with Gasteiger partial charge in [-0.3, -0.25) is 9.59 Å². The van der Waals surface area contributed by atoms with Crippen LogP contribution in [0.4, 0.5) is 0 Å². The molecule has 1 saturated carbocycles. The zero-order valence-corrected chi connectivity index (χ0v) is 23.8. The first-order valence-electron chi connectivity index (χ1n) is 14.4. The number of ether oxygens (including phenoxy) is 1. The highest BCUT2D eigenvalue weighted by Gasteiger charge is 2.25. The molecule has 0 saturated heterocycles. The number of nitrogens with one attached hydrogen (secondary N) is 1. The third-order valence-corrected chi connectivity index (χ3v) is 8.15. The Morgan fingerprint density at radius 2 is 1.91 bits per heavy atom. The Labute approximate surface area is 247 Å². The minimum atomic E-state index is -1.08. The van der Waals surface area contributed by atoms with Crippen molar-refractivity contribution in [2.45, 2.75) is 50.6 Å². The number of carbonyl (C=O) groups excluding carboxylic acids is 2. The minimum Gasteiger partial charge on any atom is -0.482 e. The number of aryl methyl sites for hydroxylation is 1. The molecule has 43 heavy (non-hydrogen) atoms. The van der Waals surface area contributed by atoms with Crippen molar-refractivity contribution in [2.75, 3.05) is 6.61 Å². The average molecular weight is 584 g/mol. The predicted octanol–water partition coefficient (Wildman–Crippen LogP) is 4.58. The summed E-state index contributed by atoms with van der Waals surface area (Å²) >= 11 is 0. The number of primary amides is 1. The van der Waals surface area contributed by atoms with Gasteiger partial charge in [0.25, 0.3) is 5.91 Å². The van der Waals surface area contributed by atoms with Gasteiger partial charge in [-0.2, -0.15) is 0 Å². The van der Waals surface area contributed by atoms with Gasteiger partial charge in [0.1, 0.15) is 23.9 Å². The van der Waals surface area contributed by atoms with E-state index in [0.717, 1.165) is 59.1 Å². The molecular weight excluding hydrogens is 550 g/mol. The Morgan fingerprint density at radius 1 is 1.12 bits per heavy atom. The Bertz CT molecular complexity index is 1810. The lowest BCUT2D eigenvalue weighted by Gasteiger charge is -2.25. The van der Waals surface area contributed by atoms with Crippen LogP contribution in [-0.4, -0.2) is 49.7 Å². The number of aromatic nitrogens is 3. The van der Waals surface area contributed by atoms with Crippen molar-refractivity contribution in [1.82, 2.24) is 19.4 Å². The van der Waals surface area contributed by atoms with Crippen LogP contribution in [0.2, 0.25) is 0 Å². The number of nitrogens with zero attached hydrogens (tertiary/aromatic N) is 3. The van der Waals surface area contributed by atoms with Crippen LogP contribution in [0.1, 0.15) is 54.1 Å². The van der Waals surface area contributed by atoms with Crippen molar-refractivity contribution < 1.29 is 28.6 Å². The van der Waals surface area contributed by atoms with Crippen molar-refractivity contribution in [1.29, 1.82) is 0 Å². The molecule has 2 amide bonds. The van der Waals surface area contributed by atoms with E-state index in [2.05, 4.69) is 9.88 Å². The molecule has 0 spiro atoms. The van der Waals surface area contributed by atoms with E-state index >= 15 is 0 Å². The highest BCUT2D eigenvalue weighted by atomic mass is 16.5. The standard InChI is InChI=1S/C32H33N5O6/c1-36-16-21(24-15-23(8-10-27(24)36)43-18-29(38)39)14-26(30(33)40)35-32(41)19-7-9-28-25(13-19)34-31(20-11-12-42-17-20)37(28)22-5-3-2-4-6-22/h7-13,15-17,22,26H,2-6,14,18H2,1H3,(H2,33,40)(H,35,41)(H,38,39). The molecule has 4 N–H and O–H groups in total. The van der Waals surface area contributed by atoms with Gasteiger partial charge < -0.3 is 34.4 Å². The number of aliphatic carboxylic acids is 1. The molecule has 2 aromatic carbocycles. The van der Waals surface area contributed by atoms with Crippen LogP contribution in [0, 0.1) is 0 Å². The van der Waals surface area contributed by atoms with Gasteiger partial charge in [0.05, 0.1) is 22.9 Å². The van der Waals surface area contributed by atoms with Crippen molar-refractivity contribution >= 4 is 39.7 Å². The van der Waals surface area contributed by atoms with Gasteiger partial charge in [0.15, 0.2) is 6.61 Å². The van der Waals surface area contributed by atoms with Crippen LogP contribution in [-0.2, 0) is 23.1 Å². The quantitative estimate of drug-likeness (QED) is 0.217. The summed E-state index contributed by atoms with van der Waals surface area (Å²) in [5.41, 5.74) is 10.3. The number of fused-ring (bicyclic) bond motifs is 2. The lowest BCUT2D eigenvalue weighted by Crippen LogP contribution is -2.45. The fourth-order valence-corrected chi connectivity index (χ4v) is 6.08. The zero-order valence-electron chi connectivity index (χ0n) is 23.8. The number of carboxylic acid groups (broad SMARTS) is 1. The third kappa shape index (κ3) is 5.70. The molecule has 1 fully saturated rings. The van der Waals surface area contributed by atoms with Crippen LogP contribution in [0.25, 0.3) is 33.3 Å². The zero-order chi connectivity index (χ0) is 30.1. The number of amides is 2. The van der Waals surface area contributed by atoms with Crippen molar-refractivity contribution in [2.24, 2.45) is 12.8 Å². The Kier molecular flexibility index (Phi) is 7.62. The van der Waals surface area contributed by atoms with E-state index in [4.69, 9.17) is 25.0 Å². The molecule has 1 unspecified atom stereocenters. The summed E-state index contributed by atoms with van der Waals surface area (Å²) in [6.45, 7) is -0.472. The molecule has 6 rings (SSSR count). The number of imidazole rings is 1. The number of furan rings is 1. The normalized spacial score (nSPS) is 14.6. The fraction of sp³-hybridized carbons (Fsp3) is 0.312. The van der Waals surface area contributed by atoms with Gasteiger partial charge in [0, 0.05) is 42.2 Å². The van der Waals surface area contributed by atoms with E-state index in [-0.39, 0.29) is 6.42 Å². The first-order valence-corrected chi connectivity index (χ1v) is 14.4. The molecule has 0 aliphatic heterocycles. The maximum absolute atomic E-state index is 13.4. The molecule has 1 atom stereocenters. The first kappa shape index (κ1) is 28.1. The van der Waals surface area contributed by atoms with Gasteiger partial charge in [-0.15, -0.1) is 0 Å². The molecular formula is C32H33N5O6. The number of carbonyl (C=O) groups is 3. The smallest absolute Gasteiger partial charge is 0.341 e. The van der Waals surface area contributed by atoms with Crippen LogP contribution in [0.15, 0.2) is 65.6 Å². The second-order valence-corrected chi connectivity index (χ2v) is 11.1. The van der Waals surface area contributed by atoms with Gasteiger partial charge >= 0.3 is 5.97 Å². The molecule has 11 heteroatoms. The Hall–Kier alpha value is -5.06. The number of hydrogen-bond donors (Lipinski definition) is 3. The van der Waals surface area contributed by atoms with Crippen molar-refractivity contribution in [3.05, 3.63) is 72.3 Å². The van der Waals surface area contributed by atoms with E-state index in [9.17, 15) is 14.4 Å². The topological polar surface area (TPSA) is 155 Å². The summed E-state index contributed by atoms with van der Waals surface area (Å²) < 4.78 is 14.8. The summed E-state index contributed by atoms with van der Waals surface area (Å²) in [4.78, 5) is 41.8. The molecule has 5 aromatic rings. The van der Waals surface area contributed by atoms with Crippen molar-refractivity contribution in [3.8, 4) is 17.1 Å². The van der Waals surface area contributed by atoms with Gasteiger partial charge in [-0.05, 0) is 60.9 Å². The number of carboxylic acids is 1. The largest absolute Gasteiger partial charge is 0.482 e. The number of rotatable bonds is 10. The van der Waals surface area contributed by atoms with E-state index in [1.54, 1.807) is 36.8 Å². The molecule has 1 aliphatic carbocycles. The molecule has 222 valence electrons. The van der Waals surface area contributed by atoms with Crippen LogP contribution in [0.5, 0.6) is 5.75 Å². The second kappa shape index (κ2) is 11.7. The average Bonchev–Trinajstić information content (AvgIpc) is 3.73. The molecule has 1 aliphatic rings. The highest BCUT2D eigenvalue weighted by molar-refractivity contribution is 6.00. The van der Waals surface area contributed by atoms with E-state index in [0.29, 0.717) is 22.9 Å². The number of hydrogen-bond acceptors (Lipinski definition) is 6. The lowest BCUT2D eigenvalue weighted by molar-refractivity contribution is -0.139. The summed E-state index contributed by atoms with van der Waals surface area (Å²) in [7, 11) is 1.86. The summed E-state index contributed by atoms with van der Waals surface area (Å²) in [5, 5.41) is 12.5. The monoisotopic (exact) mass is 583 g/mol. The van der Waals surface area contributed by atoms with E-state index < -0.39 is 30.4 Å². The van der Waals surface area contributed by atoms with Gasteiger partial charge in [-0.25, -0.2) is 9.78 Å². The van der Waals surface area contributed by atoms with Crippen molar-refractivity contribution in [3.63, 3.8) is 0 Å². The maximum Gasteiger partial charge on any atom is 0.341 e. The summed E-state index contributed by atoms with van der Waals surface area (Å²) in [5.74, 6) is -0.993. The number of benzene rings is 2. The van der Waals surface area contributed by atoms with E-state index in [1.807, 2.05) is 36.0 Å². The Morgan fingerprint density at radius 3 is 2.63 bits per heavy atom. The van der Waals surface area contributed by atoms with Crippen LogP contribution in [0.3, 0.4) is 0 Å². The SMILES string of the molecule is Cn1cc(CC(NC(=O)c2ccc3c(c2)nc(-c2ccoc2)n3C2CCCCC2)C(N)=O)c2cc(OCC(=O)O)ccc21. The number of nitrogens with two attached hydrogens (primary N) is 1. The lowest BCUT2D eigenvalue weighted by atomic mass is 9.95. The molecule has 3 aromatic heterocycles. The predicted molar refractivity (Wildman–Crippen MR) is 160 cm³/mol.